The van der Waals surface area contributed by atoms with Gasteiger partial charge >= 0.3 is 0 Å². The average Bonchev–Trinajstić information content (AvgIpc) is 2.94. The van der Waals surface area contributed by atoms with Gasteiger partial charge in [-0.1, -0.05) is 19.1 Å². The summed E-state index contributed by atoms with van der Waals surface area (Å²) in [5, 5.41) is 0. The molecule has 2 unspecified atom stereocenters. The highest BCUT2D eigenvalue weighted by Crippen LogP contribution is 2.43. The van der Waals surface area contributed by atoms with Crippen molar-refractivity contribution in [2.45, 2.75) is 65.3 Å². The fourth-order valence-electron chi connectivity index (χ4n) is 5.02. The molecule has 2 aliphatic heterocycles. The standard InChI is InChI=1S/C21H29N3O2/c1-16-14-18(25)24-13-11-21(9-6-17(24)22-16)10-12-23(15-21)19(26)20(2)7-4-3-5-8-20/h3-4,14H,5-13,15H2,1-2H3. The van der Waals surface area contributed by atoms with E-state index in [1.54, 1.807) is 6.07 Å². The van der Waals surface area contributed by atoms with Crippen molar-refractivity contribution in [1.82, 2.24) is 14.5 Å². The molecule has 1 aromatic rings. The molecular weight excluding hydrogens is 326 g/mol. The van der Waals surface area contributed by atoms with Gasteiger partial charge < -0.3 is 4.90 Å². The monoisotopic (exact) mass is 355 g/mol. The summed E-state index contributed by atoms with van der Waals surface area (Å²) < 4.78 is 1.85. The van der Waals surface area contributed by atoms with Crippen LogP contribution in [0.1, 0.15) is 57.0 Å². The van der Waals surface area contributed by atoms with Crippen molar-refractivity contribution in [3.05, 3.63) is 40.1 Å². The molecule has 1 spiro atoms. The molecule has 3 aliphatic rings. The Kier molecular flexibility index (Phi) is 4.28. The second kappa shape index (κ2) is 6.36. The van der Waals surface area contributed by atoms with E-state index in [0.29, 0.717) is 5.91 Å². The Morgan fingerprint density at radius 1 is 1.15 bits per heavy atom. The van der Waals surface area contributed by atoms with E-state index >= 15 is 0 Å². The third-order valence-electron chi connectivity index (χ3n) is 6.80. The number of likely N-dealkylation sites (tertiary alicyclic amines) is 1. The summed E-state index contributed by atoms with van der Waals surface area (Å²) in [6.45, 7) is 6.43. The van der Waals surface area contributed by atoms with Crippen molar-refractivity contribution in [1.29, 1.82) is 0 Å². The maximum Gasteiger partial charge on any atom is 0.253 e. The van der Waals surface area contributed by atoms with Crippen LogP contribution in [-0.4, -0.2) is 33.4 Å². The molecule has 0 N–H and O–H groups in total. The van der Waals surface area contributed by atoms with E-state index in [2.05, 4.69) is 29.0 Å². The molecule has 5 nitrogen and oxygen atoms in total. The van der Waals surface area contributed by atoms with Crippen molar-refractivity contribution < 1.29 is 4.79 Å². The maximum atomic E-state index is 13.2. The van der Waals surface area contributed by atoms with Gasteiger partial charge in [0.05, 0.1) is 5.41 Å². The molecule has 0 radical (unpaired) electrons. The number of carbonyl (C=O) groups excluding carboxylic acids is 1. The zero-order valence-corrected chi connectivity index (χ0v) is 16.0. The topological polar surface area (TPSA) is 55.2 Å². The minimum absolute atomic E-state index is 0.0667. The van der Waals surface area contributed by atoms with Crippen LogP contribution < -0.4 is 5.56 Å². The minimum Gasteiger partial charge on any atom is -0.342 e. The Balaban J connectivity index is 1.50. The van der Waals surface area contributed by atoms with Crippen LogP contribution in [-0.2, 0) is 17.8 Å². The molecule has 0 aromatic carbocycles. The van der Waals surface area contributed by atoms with Crippen LogP contribution in [0.2, 0.25) is 0 Å². The maximum absolute atomic E-state index is 13.2. The fraction of sp³-hybridized carbons (Fsp3) is 0.667. The van der Waals surface area contributed by atoms with Crippen molar-refractivity contribution in [3.8, 4) is 0 Å². The highest BCUT2D eigenvalue weighted by molar-refractivity contribution is 5.83. The van der Waals surface area contributed by atoms with Crippen LogP contribution in [0, 0.1) is 17.8 Å². The van der Waals surface area contributed by atoms with Crippen LogP contribution in [0.5, 0.6) is 0 Å². The molecule has 1 aromatic heterocycles. The Bertz CT molecular complexity index is 812. The number of aryl methyl sites for hydroxylation is 2. The zero-order valence-electron chi connectivity index (χ0n) is 16.0. The van der Waals surface area contributed by atoms with Crippen LogP contribution in [0.4, 0.5) is 0 Å². The first-order valence-electron chi connectivity index (χ1n) is 9.93. The van der Waals surface area contributed by atoms with E-state index in [9.17, 15) is 9.59 Å². The normalized spacial score (nSPS) is 31.1. The molecule has 0 saturated carbocycles. The van der Waals surface area contributed by atoms with Crippen molar-refractivity contribution in [2.24, 2.45) is 10.8 Å². The number of nitrogens with zero attached hydrogens (tertiary/aromatic N) is 3. The molecule has 4 rings (SSSR count). The second-order valence-corrected chi connectivity index (χ2v) is 8.81. The van der Waals surface area contributed by atoms with Gasteiger partial charge in [-0.25, -0.2) is 4.98 Å². The molecule has 26 heavy (non-hydrogen) atoms. The molecule has 5 heteroatoms. The van der Waals surface area contributed by atoms with E-state index < -0.39 is 0 Å². The lowest BCUT2D eigenvalue weighted by Crippen LogP contribution is -2.42. The van der Waals surface area contributed by atoms with E-state index in [1.165, 1.54) is 0 Å². The van der Waals surface area contributed by atoms with E-state index in [4.69, 9.17) is 0 Å². The van der Waals surface area contributed by atoms with Gasteiger partial charge in [0, 0.05) is 37.8 Å². The SMILES string of the molecule is Cc1cc(=O)n2c(n1)CCC1(CCN(C(=O)C3(C)CC=CCC3)C1)CC2. The lowest BCUT2D eigenvalue weighted by molar-refractivity contribution is -0.141. The van der Waals surface area contributed by atoms with Gasteiger partial charge in [0.25, 0.3) is 5.56 Å². The van der Waals surface area contributed by atoms with Crippen LogP contribution >= 0.6 is 0 Å². The average molecular weight is 355 g/mol. The summed E-state index contributed by atoms with van der Waals surface area (Å²) in [5.74, 6) is 1.24. The number of aromatic nitrogens is 2. The summed E-state index contributed by atoms with van der Waals surface area (Å²) in [7, 11) is 0. The summed E-state index contributed by atoms with van der Waals surface area (Å²) in [6, 6.07) is 1.63. The predicted octanol–water partition coefficient (Wildman–Crippen LogP) is 2.85. The van der Waals surface area contributed by atoms with Gasteiger partial charge in [-0.3, -0.25) is 14.2 Å². The number of amides is 1. The number of hydrogen-bond acceptors (Lipinski definition) is 3. The molecule has 1 saturated heterocycles. The fourth-order valence-corrected chi connectivity index (χ4v) is 5.02. The van der Waals surface area contributed by atoms with Crippen LogP contribution in [0.15, 0.2) is 23.0 Å². The van der Waals surface area contributed by atoms with Gasteiger partial charge in [-0.05, 0) is 50.9 Å². The summed E-state index contributed by atoms with van der Waals surface area (Å²) >= 11 is 0. The zero-order chi connectivity index (χ0) is 18.4. The first-order chi connectivity index (χ1) is 12.4. The quantitative estimate of drug-likeness (QED) is 0.728. The molecule has 0 bridgehead atoms. The first-order valence-corrected chi connectivity index (χ1v) is 9.93. The van der Waals surface area contributed by atoms with E-state index in [0.717, 1.165) is 76.1 Å². The lowest BCUT2D eigenvalue weighted by Gasteiger charge is -2.35. The van der Waals surface area contributed by atoms with Crippen molar-refractivity contribution in [2.75, 3.05) is 13.1 Å². The molecule has 1 aliphatic carbocycles. The van der Waals surface area contributed by atoms with Crippen molar-refractivity contribution in [3.63, 3.8) is 0 Å². The van der Waals surface area contributed by atoms with Crippen molar-refractivity contribution >= 4 is 5.91 Å². The van der Waals surface area contributed by atoms with E-state index in [-0.39, 0.29) is 16.4 Å². The number of rotatable bonds is 1. The number of hydrogen-bond donors (Lipinski definition) is 0. The third kappa shape index (κ3) is 3.01. The Hall–Kier alpha value is -1.91. The number of allylic oxidation sites excluding steroid dienone is 2. The first kappa shape index (κ1) is 17.5. The Labute approximate surface area is 155 Å². The summed E-state index contributed by atoms with van der Waals surface area (Å²) in [4.78, 5) is 32.2. The lowest BCUT2D eigenvalue weighted by atomic mass is 9.77. The Morgan fingerprint density at radius 2 is 1.96 bits per heavy atom. The number of carbonyl (C=O) groups is 1. The van der Waals surface area contributed by atoms with Gasteiger partial charge in [0.2, 0.25) is 5.91 Å². The molecule has 3 heterocycles. The number of fused-ring (bicyclic) bond motifs is 1. The van der Waals surface area contributed by atoms with Gasteiger partial charge in [0.1, 0.15) is 5.82 Å². The highest BCUT2D eigenvalue weighted by atomic mass is 16.2. The van der Waals surface area contributed by atoms with Gasteiger partial charge in [-0.15, -0.1) is 0 Å². The molecular formula is C21H29N3O2. The van der Waals surface area contributed by atoms with Crippen LogP contribution in [0.25, 0.3) is 0 Å². The minimum atomic E-state index is -0.233. The smallest absolute Gasteiger partial charge is 0.253 e. The van der Waals surface area contributed by atoms with E-state index in [1.807, 2.05) is 11.5 Å². The summed E-state index contributed by atoms with van der Waals surface area (Å²) in [6.07, 6.45) is 11.0. The molecule has 2 atom stereocenters. The third-order valence-corrected chi connectivity index (χ3v) is 6.80. The molecule has 140 valence electrons. The summed E-state index contributed by atoms with van der Waals surface area (Å²) in [5.41, 5.74) is 0.782. The molecule has 1 amide bonds. The largest absolute Gasteiger partial charge is 0.342 e. The Morgan fingerprint density at radius 3 is 2.73 bits per heavy atom. The van der Waals surface area contributed by atoms with Gasteiger partial charge in [-0.2, -0.15) is 0 Å². The molecule has 1 fully saturated rings. The predicted molar refractivity (Wildman–Crippen MR) is 101 cm³/mol. The highest BCUT2D eigenvalue weighted by Gasteiger charge is 2.45. The second-order valence-electron chi connectivity index (χ2n) is 8.81. The van der Waals surface area contributed by atoms with Crippen LogP contribution in [0.3, 0.4) is 0 Å². The van der Waals surface area contributed by atoms with Gasteiger partial charge in [0.15, 0.2) is 0 Å².